The molecular formula is C24H25N3O5. The topological polar surface area (TPSA) is 105 Å². The average molecular weight is 435 g/mol. The minimum Gasteiger partial charge on any atom is -0.462 e. The molecule has 32 heavy (non-hydrogen) atoms. The van der Waals surface area contributed by atoms with Crippen LogP contribution in [0.2, 0.25) is 0 Å². The highest BCUT2D eigenvalue weighted by Gasteiger charge is 2.44. The van der Waals surface area contributed by atoms with Gasteiger partial charge in [-0.1, -0.05) is 55.3 Å². The number of urea groups is 1. The standard InChI is InChI=1S/C24H25N3O5/c28-20-18-10-4-5-11-19(18)21(29)27(20)14-15-32-22(30)24(12-6-7-13-24)26-23(31)25-16-17-8-2-1-3-9-17/h1-5,8-11H,6-7,12-16H2,(H2,25,26,31). The summed E-state index contributed by atoms with van der Waals surface area (Å²) < 4.78 is 5.42. The molecule has 4 amide bonds. The first-order chi connectivity index (χ1) is 15.5. The molecule has 2 N–H and O–H groups in total. The van der Waals surface area contributed by atoms with E-state index >= 15 is 0 Å². The Morgan fingerprint density at radius 2 is 1.50 bits per heavy atom. The van der Waals surface area contributed by atoms with Crippen molar-refractivity contribution < 1.29 is 23.9 Å². The van der Waals surface area contributed by atoms with Gasteiger partial charge in [0, 0.05) is 6.54 Å². The Morgan fingerprint density at radius 1 is 0.906 bits per heavy atom. The summed E-state index contributed by atoms with van der Waals surface area (Å²) in [5, 5.41) is 5.57. The quantitative estimate of drug-likeness (QED) is 0.514. The highest BCUT2D eigenvalue weighted by Crippen LogP contribution is 2.31. The Hall–Kier alpha value is -3.68. The number of esters is 1. The molecule has 8 heteroatoms. The number of nitrogens with one attached hydrogen (secondary N) is 2. The molecule has 0 bridgehead atoms. The zero-order valence-corrected chi connectivity index (χ0v) is 17.6. The Bertz CT molecular complexity index is 996. The number of hydrogen-bond acceptors (Lipinski definition) is 5. The van der Waals surface area contributed by atoms with Gasteiger partial charge in [-0.15, -0.1) is 0 Å². The lowest BCUT2D eigenvalue weighted by Gasteiger charge is -2.28. The molecule has 0 aromatic heterocycles. The largest absolute Gasteiger partial charge is 0.462 e. The van der Waals surface area contributed by atoms with Gasteiger partial charge in [-0.25, -0.2) is 9.59 Å². The van der Waals surface area contributed by atoms with E-state index in [9.17, 15) is 19.2 Å². The molecule has 0 atom stereocenters. The summed E-state index contributed by atoms with van der Waals surface area (Å²) in [4.78, 5) is 51.3. The average Bonchev–Trinajstić information content (AvgIpc) is 3.38. The van der Waals surface area contributed by atoms with E-state index in [1.807, 2.05) is 30.3 Å². The Balaban J connectivity index is 1.31. The molecule has 1 fully saturated rings. The van der Waals surface area contributed by atoms with Crippen molar-refractivity contribution in [3.63, 3.8) is 0 Å². The van der Waals surface area contributed by atoms with Crippen LogP contribution in [0.1, 0.15) is 52.0 Å². The van der Waals surface area contributed by atoms with E-state index in [-0.39, 0.29) is 13.2 Å². The maximum absolute atomic E-state index is 12.9. The van der Waals surface area contributed by atoms with Crippen LogP contribution in [-0.2, 0) is 16.1 Å². The molecule has 1 heterocycles. The van der Waals surface area contributed by atoms with Gasteiger partial charge in [-0.2, -0.15) is 0 Å². The molecule has 0 radical (unpaired) electrons. The van der Waals surface area contributed by atoms with Gasteiger partial charge >= 0.3 is 12.0 Å². The molecule has 4 rings (SSSR count). The van der Waals surface area contributed by atoms with Crippen molar-refractivity contribution in [2.24, 2.45) is 0 Å². The zero-order chi connectivity index (χ0) is 22.6. The molecule has 2 aromatic carbocycles. The van der Waals surface area contributed by atoms with E-state index in [1.165, 1.54) is 0 Å². The third-order valence-corrected chi connectivity index (χ3v) is 5.92. The highest BCUT2D eigenvalue weighted by atomic mass is 16.5. The first-order valence-corrected chi connectivity index (χ1v) is 10.7. The summed E-state index contributed by atoms with van der Waals surface area (Å²) >= 11 is 0. The number of hydrogen-bond donors (Lipinski definition) is 2. The summed E-state index contributed by atoms with van der Waals surface area (Å²) in [6, 6.07) is 15.6. The van der Waals surface area contributed by atoms with Crippen LogP contribution in [0.3, 0.4) is 0 Å². The van der Waals surface area contributed by atoms with Crippen molar-refractivity contribution in [3.05, 3.63) is 71.3 Å². The fourth-order valence-corrected chi connectivity index (χ4v) is 4.21. The molecule has 8 nitrogen and oxygen atoms in total. The van der Waals surface area contributed by atoms with E-state index in [2.05, 4.69) is 10.6 Å². The van der Waals surface area contributed by atoms with Crippen molar-refractivity contribution in [1.29, 1.82) is 0 Å². The van der Waals surface area contributed by atoms with Crippen LogP contribution in [0.5, 0.6) is 0 Å². The normalized spacial score (nSPS) is 16.6. The lowest BCUT2D eigenvalue weighted by Crippen LogP contribution is -2.56. The van der Waals surface area contributed by atoms with Gasteiger partial charge in [0.05, 0.1) is 17.7 Å². The first-order valence-electron chi connectivity index (χ1n) is 10.7. The number of benzene rings is 2. The Morgan fingerprint density at radius 3 is 2.12 bits per heavy atom. The van der Waals surface area contributed by atoms with Crippen molar-refractivity contribution in [1.82, 2.24) is 15.5 Å². The minimum absolute atomic E-state index is 0.0334. The Labute approximate surface area is 185 Å². The van der Waals surface area contributed by atoms with Crippen LogP contribution in [0.15, 0.2) is 54.6 Å². The second-order valence-corrected chi connectivity index (χ2v) is 8.03. The molecule has 0 unspecified atom stereocenters. The predicted octanol–water partition coefficient (Wildman–Crippen LogP) is 2.64. The van der Waals surface area contributed by atoms with Crippen LogP contribution < -0.4 is 10.6 Å². The number of carbonyl (C=O) groups is 4. The number of imide groups is 1. The fraction of sp³-hybridized carbons (Fsp3) is 0.333. The molecule has 0 saturated heterocycles. The SMILES string of the molecule is O=C(NCc1ccccc1)NC1(C(=O)OCCN2C(=O)c3ccccc3C2=O)CCCC1. The van der Waals surface area contributed by atoms with E-state index in [0.717, 1.165) is 23.3 Å². The molecule has 166 valence electrons. The van der Waals surface area contributed by atoms with Gasteiger partial charge in [-0.3, -0.25) is 14.5 Å². The van der Waals surface area contributed by atoms with E-state index in [1.54, 1.807) is 24.3 Å². The fourth-order valence-electron chi connectivity index (χ4n) is 4.21. The molecule has 2 aliphatic rings. The van der Waals surface area contributed by atoms with Gasteiger partial charge in [0.25, 0.3) is 11.8 Å². The van der Waals surface area contributed by atoms with Gasteiger partial charge in [0.15, 0.2) is 0 Å². The van der Waals surface area contributed by atoms with Gasteiger partial charge < -0.3 is 15.4 Å². The maximum Gasteiger partial charge on any atom is 0.331 e. The Kier molecular flexibility index (Phi) is 6.20. The number of carbonyl (C=O) groups excluding carboxylic acids is 4. The third-order valence-electron chi connectivity index (χ3n) is 5.92. The number of nitrogens with zero attached hydrogens (tertiary/aromatic N) is 1. The smallest absolute Gasteiger partial charge is 0.331 e. The number of rotatable bonds is 7. The van der Waals surface area contributed by atoms with E-state index in [0.29, 0.717) is 30.5 Å². The molecule has 1 aliphatic heterocycles. The summed E-state index contributed by atoms with van der Waals surface area (Å²) in [6.45, 7) is 0.186. The van der Waals surface area contributed by atoms with Crippen LogP contribution in [0, 0.1) is 0 Å². The van der Waals surface area contributed by atoms with Gasteiger partial charge in [0.1, 0.15) is 12.1 Å². The molecule has 1 aliphatic carbocycles. The summed E-state index contributed by atoms with van der Waals surface area (Å²) in [5.74, 6) is -1.33. The minimum atomic E-state index is -1.09. The summed E-state index contributed by atoms with van der Waals surface area (Å²) in [5.41, 5.74) is 0.565. The molecule has 1 saturated carbocycles. The molecular weight excluding hydrogens is 410 g/mol. The van der Waals surface area contributed by atoms with Crippen molar-refractivity contribution in [3.8, 4) is 0 Å². The van der Waals surface area contributed by atoms with Crippen LogP contribution in [-0.4, -0.2) is 47.4 Å². The maximum atomic E-state index is 12.9. The summed E-state index contributed by atoms with van der Waals surface area (Å²) in [7, 11) is 0. The van der Waals surface area contributed by atoms with Gasteiger partial charge in [-0.05, 0) is 30.5 Å². The van der Waals surface area contributed by atoms with Gasteiger partial charge in [0.2, 0.25) is 0 Å². The third kappa shape index (κ3) is 4.34. The lowest BCUT2D eigenvalue weighted by atomic mass is 9.98. The second-order valence-electron chi connectivity index (χ2n) is 8.03. The molecule has 0 spiro atoms. The monoisotopic (exact) mass is 435 g/mol. The lowest BCUT2D eigenvalue weighted by molar-refractivity contribution is -0.151. The van der Waals surface area contributed by atoms with Crippen molar-refractivity contribution in [2.45, 2.75) is 37.8 Å². The van der Waals surface area contributed by atoms with E-state index < -0.39 is 29.4 Å². The van der Waals surface area contributed by atoms with E-state index in [4.69, 9.17) is 4.74 Å². The summed E-state index contributed by atoms with van der Waals surface area (Å²) in [6.07, 6.45) is 2.56. The van der Waals surface area contributed by atoms with Crippen LogP contribution in [0.25, 0.3) is 0 Å². The highest BCUT2D eigenvalue weighted by molar-refractivity contribution is 6.21. The number of amides is 4. The van der Waals surface area contributed by atoms with Crippen LogP contribution in [0.4, 0.5) is 4.79 Å². The first kappa shape index (κ1) is 21.5. The number of ether oxygens (including phenoxy) is 1. The predicted molar refractivity (Wildman–Crippen MR) is 116 cm³/mol. The van der Waals surface area contributed by atoms with Crippen molar-refractivity contribution >= 4 is 23.8 Å². The van der Waals surface area contributed by atoms with Crippen LogP contribution >= 0.6 is 0 Å². The second kappa shape index (κ2) is 9.21. The number of fused-ring (bicyclic) bond motifs is 1. The van der Waals surface area contributed by atoms with Crippen molar-refractivity contribution in [2.75, 3.05) is 13.2 Å². The zero-order valence-electron chi connectivity index (χ0n) is 17.6. The molecule has 2 aromatic rings.